The number of esters is 3. The number of aliphatic imine (C=N–C) groups is 1. The molecule has 2 fully saturated rings. The Hall–Kier alpha value is -7.06. The van der Waals surface area contributed by atoms with Gasteiger partial charge in [-0.3, -0.25) is 38.6 Å². The van der Waals surface area contributed by atoms with Gasteiger partial charge in [0.15, 0.2) is 18.0 Å². The van der Waals surface area contributed by atoms with Crippen LogP contribution in [0.2, 0.25) is 0 Å². The maximum Gasteiger partial charge on any atom is 0.303 e. The van der Waals surface area contributed by atoms with Crippen molar-refractivity contribution in [1.29, 1.82) is 0 Å². The van der Waals surface area contributed by atoms with Crippen molar-refractivity contribution in [1.82, 2.24) is 14.8 Å². The first-order chi connectivity index (χ1) is 31.1. The van der Waals surface area contributed by atoms with Crippen LogP contribution in [0.15, 0.2) is 58.1 Å². The summed E-state index contributed by atoms with van der Waals surface area (Å²) in [6, 6.07) is 9.95. The van der Waals surface area contributed by atoms with Crippen molar-refractivity contribution in [3.8, 4) is 5.75 Å². The minimum atomic E-state index is -1.23. The summed E-state index contributed by atoms with van der Waals surface area (Å²) >= 11 is 0. The van der Waals surface area contributed by atoms with Crippen LogP contribution in [-0.4, -0.2) is 119 Å². The highest BCUT2D eigenvalue weighted by Gasteiger charge is 2.49. The number of hydrogen-bond acceptors (Lipinski definition) is 15. The van der Waals surface area contributed by atoms with Crippen LogP contribution in [0.1, 0.15) is 90.3 Å². The van der Waals surface area contributed by atoms with Crippen LogP contribution in [0.5, 0.6) is 5.75 Å². The van der Waals surface area contributed by atoms with Crippen molar-refractivity contribution >= 4 is 75.8 Å². The number of aliphatic hydroxyl groups excluding tert-OH is 1. The van der Waals surface area contributed by atoms with Crippen LogP contribution in [-0.2, 0) is 51.8 Å². The van der Waals surface area contributed by atoms with E-state index in [4.69, 9.17) is 28.1 Å². The fourth-order valence-corrected chi connectivity index (χ4v) is 8.14. The standard InChI is InChI=1S/C45H50N6O14/c1-23-40(42(64-26(4)55)41(63-25(3)54)38(62-23)22-61-24(2)53)49-44(58)37-16-27-14-29(10-11-35(27)65-37)48-43(57)34-17-30(20-50(34)5)47-39(56)9-7-13-60-36-18-33-32(15-28(36)21-52)45(59)51-12-6-8-31(51)19-46-33/h10-11,14-20,23,31,38,40-42,52H,6-9,12-13,21-22H2,1-5H3,(H,47,56)(H,48,57)(H,49,58)/t23?,31-,38?,40?,41?,42?/m0/s1. The van der Waals surface area contributed by atoms with E-state index in [-0.39, 0.29) is 55.6 Å². The van der Waals surface area contributed by atoms with Crippen molar-refractivity contribution in [2.24, 2.45) is 12.0 Å². The van der Waals surface area contributed by atoms with E-state index in [9.17, 15) is 38.7 Å². The molecule has 0 spiro atoms. The van der Waals surface area contributed by atoms with Gasteiger partial charge in [0, 0.05) is 75.9 Å². The smallest absolute Gasteiger partial charge is 0.303 e. The van der Waals surface area contributed by atoms with Crippen molar-refractivity contribution in [2.75, 3.05) is 30.4 Å². The number of furan rings is 1. The molecule has 6 atom stereocenters. The molecule has 4 amide bonds. The average Bonchev–Trinajstić information content (AvgIpc) is 3.99. The maximum absolute atomic E-state index is 13.6. The van der Waals surface area contributed by atoms with E-state index in [1.54, 1.807) is 66.2 Å². The predicted molar refractivity (Wildman–Crippen MR) is 231 cm³/mol. The van der Waals surface area contributed by atoms with Gasteiger partial charge in [0.2, 0.25) is 5.91 Å². The quantitative estimate of drug-likeness (QED) is 0.0749. The molecule has 3 aliphatic heterocycles. The van der Waals surface area contributed by atoms with Crippen LogP contribution in [0.3, 0.4) is 0 Å². The number of hydrogen-bond donors (Lipinski definition) is 4. The van der Waals surface area contributed by atoms with Crippen molar-refractivity contribution in [3.63, 3.8) is 0 Å². The third-order valence-corrected chi connectivity index (χ3v) is 11.1. The monoisotopic (exact) mass is 898 g/mol. The number of nitrogens with zero attached hydrogens (tertiary/aromatic N) is 3. The minimum Gasteiger partial charge on any atom is -0.493 e. The number of ether oxygens (including phenoxy) is 5. The summed E-state index contributed by atoms with van der Waals surface area (Å²) in [6.07, 6.45) is 1.32. The third-order valence-electron chi connectivity index (χ3n) is 11.1. The van der Waals surface area contributed by atoms with E-state index in [1.165, 1.54) is 19.1 Å². The number of carbonyl (C=O) groups is 7. The van der Waals surface area contributed by atoms with Gasteiger partial charge in [0.1, 0.15) is 29.7 Å². The van der Waals surface area contributed by atoms with E-state index >= 15 is 0 Å². The number of anilines is 2. The number of fused-ring (bicyclic) bond motifs is 3. The van der Waals surface area contributed by atoms with E-state index in [1.807, 2.05) is 0 Å². The highest BCUT2D eigenvalue weighted by molar-refractivity contribution is 6.06. The Balaban J connectivity index is 0.935. The molecule has 20 nitrogen and oxygen atoms in total. The molecule has 5 heterocycles. The van der Waals surface area contributed by atoms with Gasteiger partial charge in [-0.25, -0.2) is 0 Å². The second-order valence-electron chi connectivity index (χ2n) is 16.0. The largest absolute Gasteiger partial charge is 0.493 e. The molecule has 0 bridgehead atoms. The molecule has 7 rings (SSSR count). The Morgan fingerprint density at radius 3 is 2.43 bits per heavy atom. The maximum atomic E-state index is 13.6. The van der Waals surface area contributed by atoms with Crippen molar-refractivity contribution < 1.29 is 66.8 Å². The molecule has 3 aliphatic rings. The first-order valence-electron chi connectivity index (χ1n) is 21.1. The van der Waals surface area contributed by atoms with E-state index < -0.39 is 60.2 Å². The third kappa shape index (κ3) is 10.7. The number of aryl methyl sites for hydroxylation is 1. The van der Waals surface area contributed by atoms with Gasteiger partial charge in [-0.1, -0.05) is 0 Å². The van der Waals surface area contributed by atoms with Gasteiger partial charge < -0.3 is 58.6 Å². The Bertz CT molecular complexity index is 2550. The Labute approximate surface area is 372 Å². The van der Waals surface area contributed by atoms with Crippen molar-refractivity contribution in [2.45, 2.75) is 96.5 Å². The summed E-state index contributed by atoms with van der Waals surface area (Å²) in [5.74, 6) is -3.38. The van der Waals surface area contributed by atoms with Gasteiger partial charge >= 0.3 is 17.9 Å². The molecule has 0 aliphatic carbocycles. The van der Waals surface area contributed by atoms with Crippen LogP contribution in [0, 0.1) is 0 Å². The number of aromatic nitrogens is 1. The highest BCUT2D eigenvalue weighted by Crippen LogP contribution is 2.35. The highest BCUT2D eigenvalue weighted by atomic mass is 16.6. The van der Waals surface area contributed by atoms with Gasteiger partial charge in [-0.15, -0.1) is 0 Å². The minimum absolute atomic E-state index is 0.0478. The van der Waals surface area contributed by atoms with Crippen LogP contribution >= 0.6 is 0 Å². The summed E-state index contributed by atoms with van der Waals surface area (Å²) in [5, 5.41) is 18.9. The van der Waals surface area contributed by atoms with Gasteiger partial charge in [0.05, 0.1) is 48.3 Å². The molecule has 344 valence electrons. The Morgan fingerprint density at radius 2 is 1.69 bits per heavy atom. The second kappa shape index (κ2) is 19.8. The number of nitrogens with one attached hydrogen (secondary N) is 3. The number of rotatable bonds is 15. The summed E-state index contributed by atoms with van der Waals surface area (Å²) in [4.78, 5) is 95.1. The molecule has 20 heteroatoms. The predicted octanol–water partition coefficient (Wildman–Crippen LogP) is 3.95. The number of aliphatic hydroxyl groups is 1. The normalized spacial score (nSPS) is 21.1. The molecule has 2 aromatic heterocycles. The summed E-state index contributed by atoms with van der Waals surface area (Å²) in [5.41, 5.74) is 2.68. The zero-order valence-electron chi connectivity index (χ0n) is 36.4. The number of amides is 4. The lowest BCUT2D eigenvalue weighted by Crippen LogP contribution is -2.65. The lowest BCUT2D eigenvalue weighted by atomic mass is 9.92. The molecular weight excluding hydrogens is 849 g/mol. The molecule has 5 unspecified atom stereocenters. The summed E-state index contributed by atoms with van der Waals surface area (Å²) < 4.78 is 35.4. The average molecular weight is 899 g/mol. The van der Waals surface area contributed by atoms with Gasteiger partial charge in [-0.05, 0) is 62.6 Å². The number of benzene rings is 2. The van der Waals surface area contributed by atoms with Crippen LogP contribution < -0.4 is 20.7 Å². The van der Waals surface area contributed by atoms with Crippen molar-refractivity contribution in [3.05, 3.63) is 71.2 Å². The molecule has 2 aromatic carbocycles. The fourth-order valence-electron chi connectivity index (χ4n) is 8.14. The molecule has 2 saturated heterocycles. The molecular formula is C45H50N6O14. The lowest BCUT2D eigenvalue weighted by Gasteiger charge is -2.44. The zero-order valence-corrected chi connectivity index (χ0v) is 36.4. The lowest BCUT2D eigenvalue weighted by molar-refractivity contribution is -0.220. The fraction of sp³-hybridized carbons (Fsp3) is 0.422. The van der Waals surface area contributed by atoms with Crippen LogP contribution in [0.25, 0.3) is 11.0 Å². The van der Waals surface area contributed by atoms with E-state index in [2.05, 4.69) is 20.9 Å². The topological polar surface area (TPSA) is 256 Å². The van der Waals surface area contributed by atoms with Gasteiger partial charge in [0.25, 0.3) is 17.7 Å². The SMILES string of the molecule is CC(=O)OCC1OC(C)C(NC(=O)c2cc3cc(NC(=O)c4cc(NC(=O)CCCOc5cc6c(cc5CO)C(=O)N5CCC[C@H]5C=N6)cn4C)ccc3o2)C(OC(C)=O)C1OC(C)=O. The Kier molecular flexibility index (Phi) is 14.0. The van der Waals surface area contributed by atoms with E-state index in [0.29, 0.717) is 57.9 Å². The van der Waals surface area contributed by atoms with Crippen LogP contribution in [0.4, 0.5) is 17.1 Å². The summed E-state index contributed by atoms with van der Waals surface area (Å²) in [6.45, 7) is 5.31. The number of carbonyl (C=O) groups excluding carboxylic acids is 7. The van der Waals surface area contributed by atoms with Gasteiger partial charge in [-0.2, -0.15) is 0 Å². The first kappa shape index (κ1) is 45.9. The Morgan fingerprint density at radius 1 is 0.923 bits per heavy atom. The second-order valence-corrected chi connectivity index (χ2v) is 16.0. The molecule has 0 radical (unpaired) electrons. The van der Waals surface area contributed by atoms with E-state index in [0.717, 1.165) is 26.7 Å². The first-order valence-corrected chi connectivity index (χ1v) is 21.1. The molecule has 4 aromatic rings. The molecule has 65 heavy (non-hydrogen) atoms. The molecule has 4 N–H and O–H groups in total. The summed E-state index contributed by atoms with van der Waals surface area (Å²) in [7, 11) is 1.65. The zero-order chi connectivity index (χ0) is 46.5. The molecule has 0 saturated carbocycles.